The number of nitrogens with zero attached hydrogens (tertiary/aromatic N) is 1. The lowest BCUT2D eigenvalue weighted by Gasteiger charge is -2.32. The minimum absolute atomic E-state index is 0.145. The molecular weight excluding hydrogens is 194 g/mol. The molecule has 1 saturated heterocycles. The topological polar surface area (TPSA) is 57.6 Å². The van der Waals surface area contributed by atoms with Gasteiger partial charge in [0.1, 0.15) is 0 Å². The second-order valence-electron chi connectivity index (χ2n) is 5.01. The average Bonchev–Trinajstić information content (AvgIpc) is 2.90. The molecule has 0 aromatic heterocycles. The van der Waals surface area contributed by atoms with Crippen LogP contribution >= 0.6 is 0 Å². The summed E-state index contributed by atoms with van der Waals surface area (Å²) in [5, 5.41) is 8.78. The van der Waals surface area contributed by atoms with Gasteiger partial charge in [-0.15, -0.1) is 0 Å². The van der Waals surface area contributed by atoms with E-state index in [1.807, 2.05) is 0 Å². The predicted molar refractivity (Wildman–Crippen MR) is 54.3 cm³/mol. The maximum absolute atomic E-state index is 11.7. The van der Waals surface area contributed by atoms with Gasteiger partial charge < -0.3 is 10.0 Å². The van der Waals surface area contributed by atoms with Crippen LogP contribution in [-0.2, 0) is 9.59 Å². The van der Waals surface area contributed by atoms with E-state index >= 15 is 0 Å². The van der Waals surface area contributed by atoms with Crippen molar-refractivity contribution in [2.45, 2.75) is 32.6 Å². The van der Waals surface area contributed by atoms with Crippen molar-refractivity contribution in [2.75, 3.05) is 13.1 Å². The maximum Gasteiger partial charge on any atom is 0.308 e. The zero-order valence-electron chi connectivity index (χ0n) is 9.03. The number of carbonyl (C=O) groups is 2. The third-order valence-corrected chi connectivity index (χ3v) is 3.66. The standard InChI is InChI=1S/C11H17NO3/c1-8(10(14)15)7-12-5-4-11(2-3-11)6-9(12)13/h8H,2-7H2,1H3,(H,14,15). The fraction of sp³-hybridized carbons (Fsp3) is 0.818. The Morgan fingerprint density at radius 3 is 2.67 bits per heavy atom. The Bertz CT molecular complexity index is 296. The Morgan fingerprint density at radius 1 is 1.53 bits per heavy atom. The number of likely N-dealkylation sites (tertiary alicyclic amines) is 1. The highest BCUT2D eigenvalue weighted by atomic mass is 16.4. The predicted octanol–water partition coefficient (Wildman–Crippen LogP) is 1.11. The first-order valence-corrected chi connectivity index (χ1v) is 5.53. The molecule has 4 nitrogen and oxygen atoms in total. The highest BCUT2D eigenvalue weighted by molar-refractivity contribution is 5.79. The Hall–Kier alpha value is -1.06. The quantitative estimate of drug-likeness (QED) is 0.760. The number of hydrogen-bond acceptors (Lipinski definition) is 2. The van der Waals surface area contributed by atoms with E-state index in [-0.39, 0.29) is 5.91 Å². The molecule has 2 fully saturated rings. The number of aliphatic carboxylic acids is 1. The first-order chi connectivity index (χ1) is 7.02. The van der Waals surface area contributed by atoms with Crippen LogP contribution < -0.4 is 0 Å². The minimum atomic E-state index is -0.825. The molecule has 1 unspecified atom stereocenters. The van der Waals surface area contributed by atoms with Crippen molar-refractivity contribution in [1.29, 1.82) is 0 Å². The van der Waals surface area contributed by atoms with Crippen LogP contribution in [0.1, 0.15) is 32.6 Å². The molecule has 4 heteroatoms. The molecule has 1 spiro atoms. The Balaban J connectivity index is 1.88. The van der Waals surface area contributed by atoms with Crippen molar-refractivity contribution >= 4 is 11.9 Å². The van der Waals surface area contributed by atoms with Crippen molar-refractivity contribution in [3.63, 3.8) is 0 Å². The molecule has 0 aromatic rings. The van der Waals surface area contributed by atoms with Crippen LogP contribution in [0.15, 0.2) is 0 Å². The van der Waals surface area contributed by atoms with E-state index in [1.165, 1.54) is 12.8 Å². The smallest absolute Gasteiger partial charge is 0.308 e. The van der Waals surface area contributed by atoms with Crippen LogP contribution in [0, 0.1) is 11.3 Å². The zero-order valence-corrected chi connectivity index (χ0v) is 9.03. The third kappa shape index (κ3) is 2.13. The highest BCUT2D eigenvalue weighted by Gasteiger charge is 2.47. The number of carboxylic acid groups (broad SMARTS) is 1. The summed E-state index contributed by atoms with van der Waals surface area (Å²) in [6.45, 7) is 2.76. The Morgan fingerprint density at radius 2 is 2.20 bits per heavy atom. The van der Waals surface area contributed by atoms with E-state index in [1.54, 1.807) is 11.8 Å². The number of piperidine rings is 1. The van der Waals surface area contributed by atoms with Crippen LogP contribution in [0.3, 0.4) is 0 Å². The summed E-state index contributed by atoms with van der Waals surface area (Å²) in [6, 6.07) is 0. The normalized spacial score (nSPS) is 25.4. The van der Waals surface area contributed by atoms with Crippen molar-refractivity contribution in [2.24, 2.45) is 11.3 Å². The van der Waals surface area contributed by atoms with Gasteiger partial charge in [-0.05, 0) is 24.7 Å². The molecule has 1 amide bonds. The molecule has 0 bridgehead atoms. The van der Waals surface area contributed by atoms with Crippen LogP contribution in [-0.4, -0.2) is 35.0 Å². The first-order valence-electron chi connectivity index (χ1n) is 5.53. The number of carbonyl (C=O) groups excluding carboxylic acids is 1. The van der Waals surface area contributed by atoms with Crippen molar-refractivity contribution in [1.82, 2.24) is 4.90 Å². The molecule has 1 N–H and O–H groups in total. The van der Waals surface area contributed by atoms with E-state index in [2.05, 4.69) is 0 Å². The molecule has 0 aromatic carbocycles. The average molecular weight is 211 g/mol. The second kappa shape index (κ2) is 3.51. The molecule has 1 aliphatic carbocycles. The minimum Gasteiger partial charge on any atom is -0.481 e. The molecule has 2 rings (SSSR count). The molecule has 1 heterocycles. The number of hydrogen-bond donors (Lipinski definition) is 1. The maximum atomic E-state index is 11.7. The van der Waals surface area contributed by atoms with Crippen LogP contribution in [0.25, 0.3) is 0 Å². The van der Waals surface area contributed by atoms with Gasteiger partial charge in [-0.1, -0.05) is 6.92 Å². The summed E-state index contributed by atoms with van der Waals surface area (Å²) in [6.07, 6.45) is 4.06. The summed E-state index contributed by atoms with van der Waals surface area (Å²) in [4.78, 5) is 24.1. The molecule has 1 saturated carbocycles. The fourth-order valence-corrected chi connectivity index (χ4v) is 2.22. The largest absolute Gasteiger partial charge is 0.481 e. The van der Waals surface area contributed by atoms with Crippen LogP contribution in [0.4, 0.5) is 0 Å². The van der Waals surface area contributed by atoms with E-state index in [9.17, 15) is 9.59 Å². The molecule has 84 valence electrons. The molecule has 15 heavy (non-hydrogen) atoms. The van der Waals surface area contributed by atoms with Crippen LogP contribution in [0.2, 0.25) is 0 Å². The van der Waals surface area contributed by atoms with E-state index in [4.69, 9.17) is 5.11 Å². The van der Waals surface area contributed by atoms with Gasteiger partial charge in [0.15, 0.2) is 0 Å². The summed E-state index contributed by atoms with van der Waals surface area (Å²) >= 11 is 0. The molecule has 0 radical (unpaired) electrons. The number of amides is 1. The van der Waals surface area contributed by atoms with Crippen molar-refractivity contribution < 1.29 is 14.7 Å². The lowest BCUT2D eigenvalue weighted by molar-refractivity contribution is -0.144. The van der Waals surface area contributed by atoms with Gasteiger partial charge in [0.25, 0.3) is 0 Å². The summed E-state index contributed by atoms with van der Waals surface area (Å²) in [5.41, 5.74) is 0.319. The van der Waals surface area contributed by atoms with Gasteiger partial charge in [-0.2, -0.15) is 0 Å². The lowest BCUT2D eigenvalue weighted by atomic mass is 9.92. The van der Waals surface area contributed by atoms with Crippen molar-refractivity contribution in [3.05, 3.63) is 0 Å². The second-order valence-corrected chi connectivity index (χ2v) is 5.01. The van der Waals surface area contributed by atoms with E-state index in [0.717, 1.165) is 13.0 Å². The van der Waals surface area contributed by atoms with Gasteiger partial charge in [0.05, 0.1) is 5.92 Å². The van der Waals surface area contributed by atoms with Crippen molar-refractivity contribution in [3.8, 4) is 0 Å². The van der Waals surface area contributed by atoms with Gasteiger partial charge in [-0.25, -0.2) is 0 Å². The number of carboxylic acids is 1. The Kier molecular flexibility index (Phi) is 2.44. The zero-order chi connectivity index (χ0) is 11.1. The van der Waals surface area contributed by atoms with E-state index in [0.29, 0.717) is 18.4 Å². The highest BCUT2D eigenvalue weighted by Crippen LogP contribution is 2.53. The monoisotopic (exact) mass is 211 g/mol. The molecule has 1 atom stereocenters. The molecule has 1 aliphatic heterocycles. The van der Waals surface area contributed by atoms with E-state index < -0.39 is 11.9 Å². The summed E-state index contributed by atoms with van der Waals surface area (Å²) < 4.78 is 0. The SMILES string of the molecule is CC(CN1CCC2(CC2)CC1=O)C(=O)O. The fourth-order valence-electron chi connectivity index (χ4n) is 2.22. The van der Waals surface area contributed by atoms with Gasteiger partial charge >= 0.3 is 5.97 Å². The lowest BCUT2D eigenvalue weighted by Crippen LogP contribution is -2.42. The van der Waals surface area contributed by atoms with Crippen LogP contribution in [0.5, 0.6) is 0 Å². The third-order valence-electron chi connectivity index (χ3n) is 3.66. The Labute approximate surface area is 89.3 Å². The molecular formula is C11H17NO3. The van der Waals surface area contributed by atoms with Gasteiger partial charge in [-0.3, -0.25) is 9.59 Å². The summed E-state index contributed by atoms with van der Waals surface area (Å²) in [7, 11) is 0. The first kappa shape index (κ1) is 10.5. The molecule has 2 aliphatic rings. The number of rotatable bonds is 3. The van der Waals surface area contributed by atoms with Gasteiger partial charge in [0.2, 0.25) is 5.91 Å². The summed E-state index contributed by atoms with van der Waals surface area (Å²) in [5.74, 6) is -1.14. The van der Waals surface area contributed by atoms with Gasteiger partial charge in [0, 0.05) is 19.5 Å².